The zero-order chi connectivity index (χ0) is 15.8. The van der Waals surface area contributed by atoms with Gasteiger partial charge in [-0.05, 0) is 24.3 Å². The number of hydrogen-bond acceptors (Lipinski definition) is 6. The topological polar surface area (TPSA) is 67.6 Å². The molecule has 0 unspecified atom stereocenters. The van der Waals surface area contributed by atoms with E-state index >= 15 is 0 Å². The number of rotatable bonds is 2. The molecule has 6 heteroatoms. The summed E-state index contributed by atoms with van der Waals surface area (Å²) in [5.41, 5.74) is 3.53. The monoisotopic (exact) mass is 309 g/mol. The largest absolute Gasteiger partial charge is 0.465 e. The summed E-state index contributed by atoms with van der Waals surface area (Å²) in [4.78, 5) is 18.4. The molecule has 23 heavy (non-hydrogen) atoms. The minimum absolute atomic E-state index is 0.406. The summed E-state index contributed by atoms with van der Waals surface area (Å²) in [6.45, 7) is 1.52. The van der Waals surface area contributed by atoms with E-state index in [-0.39, 0.29) is 0 Å². The van der Waals surface area contributed by atoms with Crippen molar-refractivity contribution in [1.82, 2.24) is 4.98 Å². The van der Waals surface area contributed by atoms with E-state index in [0.717, 1.165) is 24.5 Å². The Hall–Kier alpha value is -3.02. The predicted octanol–water partition coefficient (Wildman–Crippen LogP) is 3.18. The number of aromatic nitrogens is 1. The number of carbonyl (C=O) groups excluding carboxylic acids is 1. The Morgan fingerprint density at radius 2 is 2.13 bits per heavy atom. The third-order valence-electron chi connectivity index (χ3n) is 3.89. The molecule has 6 nitrogen and oxygen atoms in total. The zero-order valence-corrected chi connectivity index (χ0v) is 12.6. The number of para-hydroxylation sites is 3. The highest BCUT2D eigenvalue weighted by Gasteiger charge is 2.23. The van der Waals surface area contributed by atoms with Crippen LogP contribution in [0.5, 0.6) is 0 Å². The summed E-state index contributed by atoms with van der Waals surface area (Å²) in [5.74, 6) is -0.420. The second-order valence-electron chi connectivity index (χ2n) is 5.24. The van der Waals surface area contributed by atoms with Crippen molar-refractivity contribution in [1.29, 1.82) is 0 Å². The summed E-state index contributed by atoms with van der Waals surface area (Å²) < 4.78 is 10.7. The van der Waals surface area contributed by atoms with Gasteiger partial charge in [0.1, 0.15) is 5.52 Å². The van der Waals surface area contributed by atoms with Crippen LogP contribution in [0.4, 0.5) is 17.4 Å². The van der Waals surface area contributed by atoms with E-state index in [9.17, 15) is 4.79 Å². The lowest BCUT2D eigenvalue weighted by Gasteiger charge is -2.28. The summed E-state index contributed by atoms with van der Waals surface area (Å²) in [7, 11) is 1.36. The van der Waals surface area contributed by atoms with E-state index in [2.05, 4.69) is 10.3 Å². The molecule has 1 aliphatic rings. The van der Waals surface area contributed by atoms with Crippen molar-refractivity contribution in [2.45, 2.75) is 0 Å². The number of methoxy groups -OCH3 is 1. The molecule has 0 aliphatic carbocycles. The number of carbonyl (C=O) groups is 1. The molecule has 0 saturated carbocycles. The average molecular weight is 309 g/mol. The van der Waals surface area contributed by atoms with Crippen LogP contribution < -0.4 is 10.2 Å². The summed E-state index contributed by atoms with van der Waals surface area (Å²) in [6, 6.07) is 13.7. The van der Waals surface area contributed by atoms with Crippen molar-refractivity contribution in [2.75, 3.05) is 30.4 Å². The van der Waals surface area contributed by atoms with Crippen LogP contribution in [0.3, 0.4) is 0 Å². The van der Waals surface area contributed by atoms with Crippen molar-refractivity contribution < 1.29 is 13.9 Å². The molecule has 3 aromatic rings. The molecular formula is C17H15N3O3. The summed E-state index contributed by atoms with van der Waals surface area (Å²) in [6.07, 6.45) is 0. The number of nitrogens with one attached hydrogen (secondary N) is 1. The Bertz CT molecular complexity index is 888. The molecule has 1 aromatic heterocycles. The van der Waals surface area contributed by atoms with Crippen LogP contribution >= 0.6 is 0 Å². The lowest BCUT2D eigenvalue weighted by molar-refractivity contribution is 0.0603. The van der Waals surface area contributed by atoms with E-state index in [0.29, 0.717) is 22.7 Å². The SMILES string of the molecule is COC(=O)c1cccc2oc(N3CCNc4ccccc43)nc12. The van der Waals surface area contributed by atoms with Gasteiger partial charge in [-0.25, -0.2) is 4.79 Å². The fourth-order valence-corrected chi connectivity index (χ4v) is 2.81. The highest BCUT2D eigenvalue weighted by atomic mass is 16.5. The summed E-state index contributed by atoms with van der Waals surface area (Å²) in [5, 5.41) is 3.35. The van der Waals surface area contributed by atoms with Gasteiger partial charge in [0.15, 0.2) is 5.58 Å². The van der Waals surface area contributed by atoms with Crippen LogP contribution in [0.2, 0.25) is 0 Å². The Morgan fingerprint density at radius 3 is 3.00 bits per heavy atom. The van der Waals surface area contributed by atoms with Crippen molar-refractivity contribution in [3.8, 4) is 0 Å². The zero-order valence-electron chi connectivity index (χ0n) is 12.6. The Morgan fingerprint density at radius 1 is 1.26 bits per heavy atom. The fraction of sp³-hybridized carbons (Fsp3) is 0.176. The van der Waals surface area contributed by atoms with Crippen LogP contribution in [0.25, 0.3) is 11.1 Å². The molecular weight excluding hydrogens is 294 g/mol. The van der Waals surface area contributed by atoms with Gasteiger partial charge in [0, 0.05) is 13.1 Å². The van der Waals surface area contributed by atoms with Crippen molar-refractivity contribution in [3.63, 3.8) is 0 Å². The van der Waals surface area contributed by atoms with E-state index in [1.165, 1.54) is 7.11 Å². The fourth-order valence-electron chi connectivity index (χ4n) is 2.81. The lowest BCUT2D eigenvalue weighted by atomic mass is 10.2. The standard InChI is InChI=1S/C17H15N3O3/c1-22-16(21)11-5-4-8-14-15(11)19-17(23-14)20-10-9-18-12-6-2-3-7-13(12)20/h2-8,18H,9-10H2,1H3. The van der Waals surface area contributed by atoms with E-state index in [1.807, 2.05) is 29.2 Å². The number of benzene rings is 2. The van der Waals surface area contributed by atoms with Crippen LogP contribution in [0, 0.1) is 0 Å². The molecule has 0 radical (unpaired) electrons. The van der Waals surface area contributed by atoms with Gasteiger partial charge in [0.2, 0.25) is 0 Å². The van der Waals surface area contributed by atoms with Gasteiger partial charge < -0.3 is 14.5 Å². The maximum atomic E-state index is 11.9. The van der Waals surface area contributed by atoms with Gasteiger partial charge in [0.05, 0.1) is 24.0 Å². The lowest BCUT2D eigenvalue weighted by Crippen LogP contribution is -2.30. The number of ether oxygens (including phenoxy) is 1. The number of fused-ring (bicyclic) bond motifs is 2. The smallest absolute Gasteiger partial charge is 0.340 e. The van der Waals surface area contributed by atoms with Crippen molar-refractivity contribution >= 4 is 34.5 Å². The van der Waals surface area contributed by atoms with Crippen LogP contribution in [0.15, 0.2) is 46.9 Å². The predicted molar refractivity (Wildman–Crippen MR) is 87.3 cm³/mol. The third-order valence-corrected chi connectivity index (χ3v) is 3.89. The second kappa shape index (κ2) is 5.31. The molecule has 0 saturated heterocycles. The molecule has 0 spiro atoms. The normalized spacial score (nSPS) is 13.5. The van der Waals surface area contributed by atoms with Crippen LogP contribution in [-0.2, 0) is 4.74 Å². The number of esters is 1. The number of anilines is 3. The molecule has 116 valence electrons. The highest BCUT2D eigenvalue weighted by Crippen LogP contribution is 2.35. The van der Waals surface area contributed by atoms with Gasteiger partial charge in [0.25, 0.3) is 0 Å². The highest BCUT2D eigenvalue weighted by molar-refractivity contribution is 6.01. The minimum atomic E-state index is -0.420. The van der Waals surface area contributed by atoms with Gasteiger partial charge in [-0.1, -0.05) is 18.2 Å². The quantitative estimate of drug-likeness (QED) is 0.733. The van der Waals surface area contributed by atoms with Crippen LogP contribution in [0.1, 0.15) is 10.4 Å². The third kappa shape index (κ3) is 2.19. The van der Waals surface area contributed by atoms with Crippen LogP contribution in [-0.4, -0.2) is 31.2 Å². The van der Waals surface area contributed by atoms with E-state index in [1.54, 1.807) is 18.2 Å². The molecule has 2 heterocycles. The molecule has 0 atom stereocenters. The van der Waals surface area contributed by atoms with E-state index in [4.69, 9.17) is 9.15 Å². The first-order valence-electron chi connectivity index (χ1n) is 7.36. The molecule has 1 N–H and O–H groups in total. The maximum absolute atomic E-state index is 11.9. The first-order valence-corrected chi connectivity index (χ1v) is 7.36. The molecule has 0 bridgehead atoms. The van der Waals surface area contributed by atoms with Gasteiger partial charge in [-0.2, -0.15) is 4.98 Å². The molecule has 2 aromatic carbocycles. The minimum Gasteiger partial charge on any atom is -0.465 e. The number of hydrogen-bond donors (Lipinski definition) is 1. The van der Waals surface area contributed by atoms with Gasteiger partial charge in [-0.3, -0.25) is 4.90 Å². The maximum Gasteiger partial charge on any atom is 0.340 e. The van der Waals surface area contributed by atoms with Gasteiger partial charge in [-0.15, -0.1) is 0 Å². The second-order valence-corrected chi connectivity index (χ2v) is 5.24. The number of nitrogens with zero attached hydrogens (tertiary/aromatic N) is 2. The van der Waals surface area contributed by atoms with Gasteiger partial charge >= 0.3 is 12.0 Å². The Labute approximate surface area is 132 Å². The molecule has 4 rings (SSSR count). The van der Waals surface area contributed by atoms with E-state index < -0.39 is 5.97 Å². The summed E-state index contributed by atoms with van der Waals surface area (Å²) >= 11 is 0. The Kier molecular flexibility index (Phi) is 3.15. The van der Waals surface area contributed by atoms with Crippen molar-refractivity contribution in [3.05, 3.63) is 48.0 Å². The Balaban J connectivity index is 1.84. The molecule has 0 amide bonds. The molecule has 0 fully saturated rings. The number of oxazole rings is 1. The van der Waals surface area contributed by atoms with Crippen molar-refractivity contribution in [2.24, 2.45) is 0 Å². The first kappa shape index (κ1) is 13.6. The average Bonchev–Trinajstić information content (AvgIpc) is 3.04. The molecule has 1 aliphatic heterocycles. The first-order chi connectivity index (χ1) is 11.3.